The van der Waals surface area contributed by atoms with Crippen LogP contribution in [0.15, 0.2) is 22.2 Å². The summed E-state index contributed by atoms with van der Waals surface area (Å²) in [6.07, 6.45) is 6.78. The maximum Gasteiger partial charge on any atom is 0.104 e. The van der Waals surface area contributed by atoms with Crippen LogP contribution >= 0.6 is 0 Å². The molecule has 1 atom stereocenters. The van der Waals surface area contributed by atoms with Gasteiger partial charge in [-0.25, -0.2) is 0 Å². The second kappa shape index (κ2) is 4.21. The van der Waals surface area contributed by atoms with Crippen molar-refractivity contribution in [3.8, 4) is 0 Å². The van der Waals surface area contributed by atoms with E-state index in [0.717, 1.165) is 12.0 Å². The third kappa shape index (κ3) is 2.41. The fraction of sp³-hybridized carbons (Fsp3) is 0.600. The van der Waals surface area contributed by atoms with E-state index in [9.17, 15) is 0 Å². The Labute approximate surface area is 79.6 Å². The lowest BCUT2D eigenvalue weighted by molar-refractivity contribution is 0.501. The third-order valence-corrected chi connectivity index (χ3v) is 2.41. The fourth-order valence-electron chi connectivity index (χ4n) is 1.29. The molecule has 1 aliphatic heterocycles. The molecule has 1 aliphatic rings. The number of hydrogen-bond acceptors (Lipinski definition) is 3. The van der Waals surface area contributed by atoms with Crippen molar-refractivity contribution >= 4 is 12.6 Å². The Morgan fingerprint density at radius 2 is 2.38 bits per heavy atom. The molecular formula is C10H17N3. The molecule has 0 amide bonds. The molecule has 1 N–H and O–H groups in total. The maximum atomic E-state index is 4.41. The topological polar surface area (TPSA) is 36.8 Å². The molecule has 0 bridgehead atoms. The molecule has 72 valence electrons. The van der Waals surface area contributed by atoms with Crippen molar-refractivity contribution in [1.82, 2.24) is 5.43 Å². The number of hydrazone groups is 1. The van der Waals surface area contributed by atoms with Crippen LogP contribution in [0, 0.1) is 0 Å². The monoisotopic (exact) mass is 179 g/mol. The zero-order valence-corrected chi connectivity index (χ0v) is 8.38. The molecule has 0 saturated heterocycles. The number of unbranched alkanes of at least 4 members (excludes halogenated alkanes) is 1. The number of nitrogens with zero attached hydrogens (tertiary/aromatic N) is 2. The average Bonchev–Trinajstić information content (AvgIpc) is 2.28. The van der Waals surface area contributed by atoms with Gasteiger partial charge in [0.1, 0.15) is 6.34 Å². The molecular weight excluding hydrogens is 162 g/mol. The van der Waals surface area contributed by atoms with Gasteiger partial charge < -0.3 is 0 Å². The molecule has 0 aromatic carbocycles. The number of rotatable bonds is 3. The molecule has 1 rings (SSSR count). The second-order valence-corrected chi connectivity index (χ2v) is 3.55. The zero-order chi connectivity index (χ0) is 9.73. The van der Waals surface area contributed by atoms with Crippen molar-refractivity contribution in [3.05, 3.63) is 12.2 Å². The fourth-order valence-corrected chi connectivity index (χ4v) is 1.29. The van der Waals surface area contributed by atoms with Crippen LogP contribution in [0.4, 0.5) is 0 Å². The summed E-state index contributed by atoms with van der Waals surface area (Å²) in [7, 11) is 0. The van der Waals surface area contributed by atoms with Crippen molar-refractivity contribution in [2.24, 2.45) is 10.1 Å². The SMILES string of the molecule is C=C1C=NNC=NC1(C)CCCC. The first-order chi connectivity index (χ1) is 6.19. The molecule has 0 aromatic heterocycles. The Kier molecular flexibility index (Phi) is 3.23. The predicted molar refractivity (Wildman–Crippen MR) is 57.2 cm³/mol. The first-order valence-electron chi connectivity index (χ1n) is 4.71. The number of hydrogen-bond donors (Lipinski definition) is 1. The minimum Gasteiger partial charge on any atom is -0.268 e. The van der Waals surface area contributed by atoms with Gasteiger partial charge in [0.2, 0.25) is 0 Å². The minimum absolute atomic E-state index is 0.164. The van der Waals surface area contributed by atoms with Gasteiger partial charge >= 0.3 is 0 Å². The highest BCUT2D eigenvalue weighted by Gasteiger charge is 2.25. The smallest absolute Gasteiger partial charge is 0.104 e. The van der Waals surface area contributed by atoms with Crippen molar-refractivity contribution in [2.75, 3.05) is 0 Å². The normalized spacial score (nSPS) is 27.1. The quantitative estimate of drug-likeness (QED) is 0.707. The maximum absolute atomic E-state index is 4.41. The lowest BCUT2D eigenvalue weighted by atomic mass is 9.89. The van der Waals surface area contributed by atoms with Gasteiger partial charge in [0.25, 0.3) is 0 Å². The molecule has 0 aliphatic carbocycles. The molecule has 0 spiro atoms. The molecule has 0 fully saturated rings. The summed E-state index contributed by atoms with van der Waals surface area (Å²) in [5.74, 6) is 0. The summed E-state index contributed by atoms with van der Waals surface area (Å²) < 4.78 is 0. The molecule has 0 saturated carbocycles. The largest absolute Gasteiger partial charge is 0.268 e. The number of aliphatic imine (C=N–C) groups is 1. The Morgan fingerprint density at radius 1 is 1.62 bits per heavy atom. The second-order valence-electron chi connectivity index (χ2n) is 3.55. The summed E-state index contributed by atoms with van der Waals surface area (Å²) in [5.41, 5.74) is 3.54. The predicted octanol–water partition coefficient (Wildman–Crippen LogP) is 2.11. The summed E-state index contributed by atoms with van der Waals surface area (Å²) in [6.45, 7) is 8.25. The molecule has 1 heterocycles. The molecule has 3 heteroatoms. The van der Waals surface area contributed by atoms with Gasteiger partial charge in [0, 0.05) is 0 Å². The summed E-state index contributed by atoms with van der Waals surface area (Å²) in [5, 5.41) is 3.93. The van der Waals surface area contributed by atoms with Gasteiger partial charge in [-0.05, 0) is 18.9 Å². The van der Waals surface area contributed by atoms with Gasteiger partial charge in [-0.1, -0.05) is 26.3 Å². The van der Waals surface area contributed by atoms with Crippen LogP contribution in [0.5, 0.6) is 0 Å². The number of nitrogens with one attached hydrogen (secondary N) is 1. The van der Waals surface area contributed by atoms with Crippen molar-refractivity contribution in [1.29, 1.82) is 0 Å². The highest BCUT2D eigenvalue weighted by molar-refractivity contribution is 5.83. The highest BCUT2D eigenvalue weighted by atomic mass is 15.3. The molecule has 0 radical (unpaired) electrons. The average molecular weight is 179 g/mol. The van der Waals surface area contributed by atoms with Crippen molar-refractivity contribution < 1.29 is 0 Å². The molecule has 0 aromatic rings. The lowest BCUT2D eigenvalue weighted by Gasteiger charge is -2.23. The van der Waals surface area contributed by atoms with Gasteiger partial charge in [-0.2, -0.15) is 5.10 Å². The first-order valence-corrected chi connectivity index (χ1v) is 4.71. The van der Waals surface area contributed by atoms with E-state index < -0.39 is 0 Å². The van der Waals surface area contributed by atoms with E-state index >= 15 is 0 Å². The van der Waals surface area contributed by atoms with Crippen molar-refractivity contribution in [3.63, 3.8) is 0 Å². The summed E-state index contributed by atoms with van der Waals surface area (Å²) >= 11 is 0. The summed E-state index contributed by atoms with van der Waals surface area (Å²) in [6, 6.07) is 0. The van der Waals surface area contributed by atoms with Crippen LogP contribution in [-0.2, 0) is 0 Å². The standard InChI is InChI=1S/C10H17N3/c1-4-5-6-10(3)9(2)7-12-13-8-11-10/h7-8H,2,4-6H2,1,3H3,(H,11,13). The minimum atomic E-state index is -0.164. The molecule has 1 unspecified atom stereocenters. The van der Waals surface area contributed by atoms with Gasteiger partial charge in [-0.3, -0.25) is 10.4 Å². The van der Waals surface area contributed by atoms with Crippen LogP contribution in [0.3, 0.4) is 0 Å². The van der Waals surface area contributed by atoms with E-state index in [4.69, 9.17) is 0 Å². The van der Waals surface area contributed by atoms with Crippen LogP contribution < -0.4 is 5.43 Å². The Hall–Kier alpha value is -1.12. The van der Waals surface area contributed by atoms with Crippen LogP contribution in [0.25, 0.3) is 0 Å². The third-order valence-electron chi connectivity index (χ3n) is 2.41. The van der Waals surface area contributed by atoms with E-state index in [1.165, 1.54) is 12.8 Å². The molecule has 13 heavy (non-hydrogen) atoms. The van der Waals surface area contributed by atoms with Crippen LogP contribution in [-0.4, -0.2) is 18.1 Å². The van der Waals surface area contributed by atoms with E-state index in [0.29, 0.717) is 0 Å². The van der Waals surface area contributed by atoms with Gasteiger partial charge in [-0.15, -0.1) is 0 Å². The van der Waals surface area contributed by atoms with Gasteiger partial charge in [0.15, 0.2) is 0 Å². The van der Waals surface area contributed by atoms with E-state index in [2.05, 4.69) is 35.9 Å². The van der Waals surface area contributed by atoms with E-state index in [-0.39, 0.29) is 5.54 Å². The van der Waals surface area contributed by atoms with E-state index in [1.807, 2.05) is 0 Å². The van der Waals surface area contributed by atoms with Crippen LogP contribution in [0.1, 0.15) is 33.1 Å². The van der Waals surface area contributed by atoms with Crippen molar-refractivity contribution in [2.45, 2.75) is 38.6 Å². The summed E-state index contributed by atoms with van der Waals surface area (Å²) in [4.78, 5) is 4.41. The lowest BCUT2D eigenvalue weighted by Crippen LogP contribution is -2.24. The first kappa shape index (κ1) is 9.96. The Bertz CT molecular complexity index is 243. The Morgan fingerprint density at radius 3 is 3.08 bits per heavy atom. The van der Waals surface area contributed by atoms with E-state index in [1.54, 1.807) is 12.6 Å². The highest BCUT2D eigenvalue weighted by Crippen LogP contribution is 2.25. The Balaban J connectivity index is 2.72. The van der Waals surface area contributed by atoms with Gasteiger partial charge in [0.05, 0.1) is 11.8 Å². The van der Waals surface area contributed by atoms with Crippen LogP contribution in [0.2, 0.25) is 0 Å². The molecule has 3 nitrogen and oxygen atoms in total. The zero-order valence-electron chi connectivity index (χ0n) is 8.38.